The molecule has 1 aromatic rings. The summed E-state index contributed by atoms with van der Waals surface area (Å²) in [5, 5.41) is 4.19. The van der Waals surface area contributed by atoms with E-state index in [9.17, 15) is 18.4 Å². The van der Waals surface area contributed by atoms with Crippen molar-refractivity contribution in [3.05, 3.63) is 41.7 Å². The fourth-order valence-corrected chi connectivity index (χ4v) is 4.45. The van der Waals surface area contributed by atoms with Crippen LogP contribution in [0.2, 0.25) is 0 Å². The van der Waals surface area contributed by atoms with Crippen molar-refractivity contribution in [1.29, 1.82) is 0 Å². The van der Waals surface area contributed by atoms with Gasteiger partial charge in [-0.2, -0.15) is 0 Å². The number of ether oxygens (including phenoxy) is 1. The number of carbonyl (C=O) groups is 2. The number of esters is 1. The molecule has 1 aromatic carbocycles. The topological polar surface area (TPSA) is 177 Å². The Morgan fingerprint density at radius 1 is 1.25 bits per heavy atom. The van der Waals surface area contributed by atoms with Crippen LogP contribution in [0.1, 0.15) is 67.7 Å². The molecule has 1 amide bonds. The third kappa shape index (κ3) is 12.5. The Morgan fingerprint density at radius 3 is 2.33 bits per heavy atom. The van der Waals surface area contributed by atoms with Gasteiger partial charge in [0.15, 0.2) is 0 Å². The Bertz CT molecular complexity index is 868. The SMILES string of the molecule is CCOC(=O)C(CC(C)C)C(=O)Nc1ccc(CN(N)/C=C(\N)CN)cc1.O=S([O-])C1CCCCC1.[HH].[HH]. The first-order chi connectivity index (χ1) is 17.1. The number of benzene rings is 1. The number of hydrogen-bond donors (Lipinski definition) is 4. The van der Waals surface area contributed by atoms with E-state index in [1.807, 2.05) is 26.0 Å². The van der Waals surface area contributed by atoms with Gasteiger partial charge >= 0.3 is 5.97 Å². The maximum Gasteiger partial charge on any atom is 0.318 e. The predicted octanol–water partition coefficient (Wildman–Crippen LogP) is 2.98. The zero-order valence-corrected chi connectivity index (χ0v) is 22.4. The second-order valence-electron chi connectivity index (χ2n) is 9.22. The summed E-state index contributed by atoms with van der Waals surface area (Å²) in [6.45, 7) is 6.55. The standard InChI is InChI=1S/C19H31N5O3.C6H12O2S.2H2/c1-4-27-19(26)17(9-13(2)3)18(25)23-16-7-5-14(6-8-16)11-24(22)12-15(21)10-20;7-9(8)6-4-2-1-3-5-6;;/h5-8,12-13,17H,4,9-11,20-22H2,1-3H3,(H,23,25);6H,1-5H2,(H,7,8);2*1H/p-1/b15-12-;;;. The molecule has 10 nitrogen and oxygen atoms in total. The van der Waals surface area contributed by atoms with Crippen LogP contribution in [0, 0.1) is 11.8 Å². The molecule has 208 valence electrons. The van der Waals surface area contributed by atoms with Crippen molar-refractivity contribution in [2.45, 2.75) is 71.1 Å². The lowest BCUT2D eigenvalue weighted by Gasteiger charge is -2.23. The number of carbonyl (C=O) groups excluding carboxylic acids is 2. The Kier molecular flexibility index (Phi) is 15.0. The minimum Gasteiger partial charge on any atom is -0.772 e. The summed E-state index contributed by atoms with van der Waals surface area (Å²) in [7, 11) is 0. The average molecular weight is 529 g/mol. The number of amides is 1. The van der Waals surface area contributed by atoms with E-state index in [0.29, 0.717) is 24.4 Å². The lowest BCUT2D eigenvalue weighted by Crippen LogP contribution is -2.32. The van der Waals surface area contributed by atoms with Crippen LogP contribution in [0.5, 0.6) is 0 Å². The number of rotatable bonds is 11. The summed E-state index contributed by atoms with van der Waals surface area (Å²) in [4.78, 5) is 24.6. The first-order valence-corrected chi connectivity index (χ1v) is 13.5. The van der Waals surface area contributed by atoms with Crippen molar-refractivity contribution in [3.63, 3.8) is 0 Å². The summed E-state index contributed by atoms with van der Waals surface area (Å²) in [6.07, 6.45) is 7.18. The minimum atomic E-state index is -1.80. The number of hydrazine groups is 1. The van der Waals surface area contributed by atoms with Crippen LogP contribution in [0.25, 0.3) is 0 Å². The van der Waals surface area contributed by atoms with E-state index < -0.39 is 23.0 Å². The van der Waals surface area contributed by atoms with Gasteiger partial charge in [-0.15, -0.1) is 0 Å². The van der Waals surface area contributed by atoms with E-state index in [2.05, 4.69) is 5.32 Å². The molecule has 0 aliphatic heterocycles. The fourth-order valence-electron chi connectivity index (χ4n) is 3.73. The molecule has 36 heavy (non-hydrogen) atoms. The molecule has 0 aromatic heterocycles. The summed E-state index contributed by atoms with van der Waals surface area (Å²) < 4.78 is 25.7. The van der Waals surface area contributed by atoms with Gasteiger partial charge in [-0.25, -0.2) is 5.84 Å². The summed E-state index contributed by atoms with van der Waals surface area (Å²) in [5.74, 6) is 4.35. The zero-order valence-electron chi connectivity index (χ0n) is 21.6. The molecule has 2 atom stereocenters. The first-order valence-electron chi connectivity index (χ1n) is 12.4. The Morgan fingerprint density at radius 2 is 1.86 bits per heavy atom. The van der Waals surface area contributed by atoms with Gasteiger partial charge in [0.1, 0.15) is 5.92 Å². The maximum absolute atomic E-state index is 12.5. The van der Waals surface area contributed by atoms with E-state index >= 15 is 0 Å². The van der Waals surface area contributed by atoms with Crippen molar-refractivity contribution < 1.29 is 25.9 Å². The van der Waals surface area contributed by atoms with Crippen LogP contribution in [0.15, 0.2) is 36.2 Å². The molecule has 1 saturated carbocycles. The number of hydrogen-bond acceptors (Lipinski definition) is 9. The van der Waals surface area contributed by atoms with Crippen molar-refractivity contribution in [1.82, 2.24) is 5.01 Å². The molecule has 2 unspecified atom stereocenters. The first kappa shape index (κ1) is 31.6. The van der Waals surface area contributed by atoms with E-state index in [4.69, 9.17) is 22.0 Å². The monoisotopic (exact) mass is 528 g/mol. The van der Waals surface area contributed by atoms with Gasteiger partial charge in [0, 0.05) is 32.2 Å². The molecule has 1 aliphatic rings. The van der Waals surface area contributed by atoms with E-state index in [-0.39, 0.29) is 33.1 Å². The van der Waals surface area contributed by atoms with Crippen molar-refractivity contribution >= 4 is 28.6 Å². The minimum absolute atomic E-state index is 0. The van der Waals surface area contributed by atoms with Crippen molar-refractivity contribution in [3.8, 4) is 0 Å². The molecule has 0 heterocycles. The quantitative estimate of drug-likeness (QED) is 0.110. The van der Waals surface area contributed by atoms with Crippen LogP contribution in [0.3, 0.4) is 0 Å². The molecule has 0 radical (unpaired) electrons. The molecule has 0 spiro atoms. The number of nitrogens with two attached hydrogens (primary N) is 3. The van der Waals surface area contributed by atoms with Gasteiger partial charge in [-0.05, 0) is 49.8 Å². The largest absolute Gasteiger partial charge is 0.772 e. The molecule has 0 bridgehead atoms. The smallest absolute Gasteiger partial charge is 0.318 e. The Labute approximate surface area is 220 Å². The van der Waals surface area contributed by atoms with Gasteiger partial charge in [-0.3, -0.25) is 13.8 Å². The summed E-state index contributed by atoms with van der Waals surface area (Å²) >= 11 is -1.80. The molecule has 2 rings (SSSR count). The number of anilines is 1. The van der Waals surface area contributed by atoms with Crippen LogP contribution in [0.4, 0.5) is 5.69 Å². The lowest BCUT2D eigenvalue weighted by molar-refractivity contribution is -0.151. The molecule has 1 fully saturated rings. The average Bonchev–Trinajstić information content (AvgIpc) is 2.84. The normalized spacial score (nSPS) is 15.9. The molecule has 7 N–H and O–H groups in total. The lowest BCUT2D eigenvalue weighted by atomic mass is 9.96. The second kappa shape index (κ2) is 17.1. The summed E-state index contributed by atoms with van der Waals surface area (Å²) in [5.41, 5.74) is 13.1. The van der Waals surface area contributed by atoms with Crippen LogP contribution < -0.4 is 22.6 Å². The van der Waals surface area contributed by atoms with Gasteiger partial charge in [0.05, 0.1) is 13.2 Å². The maximum atomic E-state index is 12.5. The molecule has 1 aliphatic carbocycles. The number of nitrogens with zero attached hydrogens (tertiary/aromatic N) is 1. The van der Waals surface area contributed by atoms with E-state index in [0.717, 1.165) is 31.2 Å². The van der Waals surface area contributed by atoms with Gasteiger partial charge in [0.25, 0.3) is 0 Å². The van der Waals surface area contributed by atoms with E-state index in [1.165, 1.54) is 11.4 Å². The Hall–Kier alpha value is -2.47. The van der Waals surface area contributed by atoms with Crippen molar-refractivity contribution in [2.75, 3.05) is 18.5 Å². The van der Waals surface area contributed by atoms with Crippen molar-refractivity contribution in [2.24, 2.45) is 29.1 Å². The highest BCUT2D eigenvalue weighted by Gasteiger charge is 2.28. The van der Waals surface area contributed by atoms with Crippen LogP contribution >= 0.6 is 0 Å². The third-order valence-corrected chi connectivity index (χ3v) is 6.59. The zero-order chi connectivity index (χ0) is 27.1. The fraction of sp³-hybridized carbons (Fsp3) is 0.600. The van der Waals surface area contributed by atoms with Gasteiger partial charge < -0.3 is 31.1 Å². The molecule has 11 heteroatoms. The van der Waals surface area contributed by atoms with Gasteiger partial charge in [0.2, 0.25) is 5.91 Å². The highest BCUT2D eigenvalue weighted by atomic mass is 32.2. The second-order valence-corrected chi connectivity index (χ2v) is 10.4. The third-order valence-electron chi connectivity index (χ3n) is 5.57. The van der Waals surface area contributed by atoms with Crippen LogP contribution in [-0.4, -0.2) is 44.0 Å². The molecular formula is C25H46N5O5S-. The number of nitrogens with one attached hydrogen (secondary N) is 1. The molecular weight excluding hydrogens is 482 g/mol. The Balaban J connectivity index is 0. The highest BCUT2D eigenvalue weighted by molar-refractivity contribution is 7.79. The van der Waals surface area contributed by atoms with E-state index in [1.54, 1.807) is 25.3 Å². The van der Waals surface area contributed by atoms with Gasteiger partial charge in [-0.1, -0.05) is 56.3 Å². The summed E-state index contributed by atoms with van der Waals surface area (Å²) in [6, 6.07) is 7.19. The highest BCUT2D eigenvalue weighted by Crippen LogP contribution is 2.21. The molecule has 0 saturated heterocycles. The van der Waals surface area contributed by atoms with Crippen LogP contribution in [-0.2, 0) is 32.0 Å². The predicted molar refractivity (Wildman–Crippen MR) is 146 cm³/mol.